The fourth-order valence-electron chi connectivity index (χ4n) is 2.70. The summed E-state index contributed by atoms with van der Waals surface area (Å²) in [7, 11) is 0. The monoisotopic (exact) mass is 355 g/mol. The Bertz CT molecular complexity index is 790. The van der Waals surface area contributed by atoms with E-state index in [9.17, 15) is 9.59 Å². The van der Waals surface area contributed by atoms with Crippen molar-refractivity contribution in [2.75, 3.05) is 36.5 Å². The van der Waals surface area contributed by atoms with Crippen LogP contribution in [0, 0.1) is 0 Å². The van der Waals surface area contributed by atoms with E-state index in [1.807, 2.05) is 12.1 Å². The number of carbonyl (C=O) groups excluding carboxylic acids is 2. The van der Waals surface area contributed by atoms with Crippen molar-refractivity contribution in [3.8, 4) is 0 Å². The number of morpholine rings is 1. The molecule has 0 atom stereocenters. The van der Waals surface area contributed by atoms with Crippen molar-refractivity contribution in [3.05, 3.63) is 53.7 Å². The zero-order valence-electron chi connectivity index (χ0n) is 14.3. The number of amides is 3. The predicted molar refractivity (Wildman–Crippen MR) is 98.1 cm³/mol. The third-order valence-corrected chi connectivity index (χ3v) is 3.99. The van der Waals surface area contributed by atoms with E-state index >= 15 is 0 Å². The molecule has 0 saturated carbocycles. The number of nitrogens with zero attached hydrogens (tertiary/aromatic N) is 2. The molecule has 0 bridgehead atoms. The molecule has 1 aliphatic heterocycles. The second-order valence-corrected chi connectivity index (χ2v) is 5.87. The summed E-state index contributed by atoms with van der Waals surface area (Å²) in [5.41, 5.74) is 6.97. The number of hydrogen-bond acceptors (Lipinski definition) is 5. The van der Waals surface area contributed by atoms with E-state index in [1.165, 1.54) is 0 Å². The summed E-state index contributed by atoms with van der Waals surface area (Å²) in [4.78, 5) is 29.8. The summed E-state index contributed by atoms with van der Waals surface area (Å²) in [6.45, 7) is 3.38. The molecular weight excluding hydrogens is 334 g/mol. The minimum atomic E-state index is -0.671. The van der Waals surface area contributed by atoms with Gasteiger partial charge in [-0.2, -0.15) is 0 Å². The van der Waals surface area contributed by atoms with Crippen LogP contribution in [0.1, 0.15) is 15.9 Å². The van der Waals surface area contributed by atoms with Crippen LogP contribution in [-0.2, 0) is 11.3 Å². The normalized spacial score (nSPS) is 13.9. The van der Waals surface area contributed by atoms with Crippen LogP contribution in [0.4, 0.5) is 16.3 Å². The summed E-state index contributed by atoms with van der Waals surface area (Å²) < 4.78 is 5.35. The Morgan fingerprint density at radius 3 is 2.77 bits per heavy atom. The molecule has 0 unspecified atom stereocenters. The van der Waals surface area contributed by atoms with Gasteiger partial charge in [0.15, 0.2) is 0 Å². The Labute approximate surface area is 151 Å². The van der Waals surface area contributed by atoms with Gasteiger partial charge in [0.05, 0.1) is 13.2 Å². The van der Waals surface area contributed by atoms with Gasteiger partial charge in [-0.25, -0.2) is 9.78 Å². The number of primary amides is 1. The molecule has 1 aromatic carbocycles. The third-order valence-electron chi connectivity index (χ3n) is 3.99. The Morgan fingerprint density at radius 1 is 1.19 bits per heavy atom. The second kappa shape index (κ2) is 8.30. The summed E-state index contributed by atoms with van der Waals surface area (Å²) in [6.07, 6.45) is 1.74. The lowest BCUT2D eigenvalue weighted by Gasteiger charge is -2.28. The topological polar surface area (TPSA) is 110 Å². The zero-order valence-corrected chi connectivity index (χ0v) is 14.3. The number of carbonyl (C=O) groups is 2. The molecule has 3 rings (SSSR count). The zero-order chi connectivity index (χ0) is 18.4. The fourth-order valence-corrected chi connectivity index (χ4v) is 2.70. The van der Waals surface area contributed by atoms with Gasteiger partial charge in [-0.15, -0.1) is 0 Å². The molecular formula is C18H21N5O3. The van der Waals surface area contributed by atoms with Crippen molar-refractivity contribution < 1.29 is 14.3 Å². The smallest absolute Gasteiger partial charge is 0.316 e. The van der Waals surface area contributed by atoms with Gasteiger partial charge in [-0.3, -0.25) is 4.79 Å². The maximum absolute atomic E-state index is 12.3. The molecule has 1 aromatic heterocycles. The highest BCUT2D eigenvalue weighted by molar-refractivity contribution is 5.96. The fraction of sp³-hybridized carbons (Fsp3) is 0.278. The maximum atomic E-state index is 12.3. The van der Waals surface area contributed by atoms with Crippen molar-refractivity contribution in [1.29, 1.82) is 0 Å². The largest absolute Gasteiger partial charge is 0.378 e. The highest BCUT2D eigenvalue weighted by atomic mass is 16.5. The lowest BCUT2D eigenvalue weighted by atomic mass is 10.1. The first-order chi connectivity index (χ1) is 12.6. The van der Waals surface area contributed by atoms with Gasteiger partial charge in [-0.05, 0) is 35.9 Å². The predicted octanol–water partition coefficient (Wildman–Crippen LogP) is 1.34. The van der Waals surface area contributed by atoms with Crippen molar-refractivity contribution in [1.82, 2.24) is 10.3 Å². The summed E-state index contributed by atoms with van der Waals surface area (Å²) in [5.74, 6) is 0.649. The molecule has 4 N–H and O–H groups in total. The van der Waals surface area contributed by atoms with Crippen LogP contribution < -0.4 is 21.3 Å². The Balaban J connectivity index is 1.61. The molecule has 136 valence electrons. The molecule has 3 amide bonds. The number of pyridine rings is 1. The quantitative estimate of drug-likeness (QED) is 0.750. The van der Waals surface area contributed by atoms with Crippen molar-refractivity contribution >= 4 is 23.4 Å². The molecule has 8 heteroatoms. The van der Waals surface area contributed by atoms with Crippen molar-refractivity contribution in [3.63, 3.8) is 0 Å². The summed E-state index contributed by atoms with van der Waals surface area (Å²) >= 11 is 0. The molecule has 2 heterocycles. The molecule has 2 aromatic rings. The van der Waals surface area contributed by atoms with Gasteiger partial charge >= 0.3 is 6.03 Å². The standard InChI is InChI=1S/C18H21N5O3/c19-18(25)22-15-3-1-2-14(11-15)17(24)21-12-13-4-5-20-16(10-13)23-6-8-26-9-7-23/h1-5,10-11H,6-9,12H2,(H,21,24)(H3,19,22,25). The third kappa shape index (κ3) is 4.70. The lowest BCUT2D eigenvalue weighted by Crippen LogP contribution is -2.36. The van der Waals surface area contributed by atoms with Crippen LogP contribution >= 0.6 is 0 Å². The van der Waals surface area contributed by atoms with Crippen LogP contribution in [0.3, 0.4) is 0 Å². The molecule has 26 heavy (non-hydrogen) atoms. The van der Waals surface area contributed by atoms with Crippen LogP contribution in [0.15, 0.2) is 42.6 Å². The number of benzene rings is 1. The maximum Gasteiger partial charge on any atom is 0.316 e. The number of hydrogen-bond donors (Lipinski definition) is 3. The molecule has 0 aliphatic carbocycles. The molecule has 8 nitrogen and oxygen atoms in total. The molecule has 1 fully saturated rings. The van der Waals surface area contributed by atoms with E-state index in [-0.39, 0.29) is 5.91 Å². The van der Waals surface area contributed by atoms with E-state index in [0.29, 0.717) is 31.0 Å². The second-order valence-electron chi connectivity index (χ2n) is 5.87. The van der Waals surface area contributed by atoms with E-state index in [1.54, 1.807) is 30.5 Å². The van der Waals surface area contributed by atoms with E-state index < -0.39 is 6.03 Å². The van der Waals surface area contributed by atoms with Gasteiger partial charge in [0.1, 0.15) is 5.82 Å². The first-order valence-corrected chi connectivity index (χ1v) is 8.34. The van der Waals surface area contributed by atoms with E-state index in [2.05, 4.69) is 20.5 Å². The van der Waals surface area contributed by atoms with E-state index in [0.717, 1.165) is 24.5 Å². The van der Waals surface area contributed by atoms with Gasteiger partial charge in [0, 0.05) is 37.1 Å². The molecule has 0 radical (unpaired) electrons. The lowest BCUT2D eigenvalue weighted by molar-refractivity contribution is 0.0951. The van der Waals surface area contributed by atoms with Gasteiger partial charge in [0.2, 0.25) is 0 Å². The number of nitrogens with one attached hydrogen (secondary N) is 2. The minimum Gasteiger partial charge on any atom is -0.378 e. The highest BCUT2D eigenvalue weighted by Gasteiger charge is 2.13. The Hall–Kier alpha value is -3.13. The number of rotatable bonds is 5. The van der Waals surface area contributed by atoms with Crippen molar-refractivity contribution in [2.24, 2.45) is 5.73 Å². The average molecular weight is 355 g/mol. The van der Waals surface area contributed by atoms with Crippen LogP contribution in [0.25, 0.3) is 0 Å². The minimum absolute atomic E-state index is 0.233. The Morgan fingerprint density at radius 2 is 2.00 bits per heavy atom. The average Bonchev–Trinajstić information content (AvgIpc) is 2.67. The summed E-state index contributed by atoms with van der Waals surface area (Å²) in [6, 6.07) is 9.77. The van der Waals surface area contributed by atoms with Gasteiger partial charge in [-0.1, -0.05) is 6.07 Å². The number of ether oxygens (including phenoxy) is 1. The number of nitrogens with two attached hydrogens (primary N) is 1. The van der Waals surface area contributed by atoms with Crippen LogP contribution in [0.2, 0.25) is 0 Å². The van der Waals surface area contributed by atoms with Crippen LogP contribution in [0.5, 0.6) is 0 Å². The Kier molecular flexibility index (Phi) is 5.65. The van der Waals surface area contributed by atoms with E-state index in [4.69, 9.17) is 10.5 Å². The van der Waals surface area contributed by atoms with Crippen LogP contribution in [-0.4, -0.2) is 43.2 Å². The first-order valence-electron chi connectivity index (χ1n) is 8.34. The van der Waals surface area contributed by atoms with Crippen molar-refractivity contribution in [2.45, 2.75) is 6.54 Å². The highest BCUT2D eigenvalue weighted by Crippen LogP contribution is 2.15. The van der Waals surface area contributed by atoms with Gasteiger partial charge in [0.25, 0.3) is 5.91 Å². The first kappa shape index (κ1) is 17.7. The number of aromatic nitrogens is 1. The molecule has 0 spiro atoms. The number of anilines is 2. The summed E-state index contributed by atoms with van der Waals surface area (Å²) in [5, 5.41) is 5.32. The van der Waals surface area contributed by atoms with Gasteiger partial charge < -0.3 is 26.0 Å². The number of urea groups is 1. The molecule has 1 aliphatic rings. The SMILES string of the molecule is NC(=O)Nc1cccc(C(=O)NCc2ccnc(N3CCOCC3)c2)c1. The molecule has 1 saturated heterocycles.